The zero-order chi connectivity index (χ0) is 43.7. The van der Waals surface area contributed by atoms with Crippen molar-refractivity contribution in [3.05, 3.63) is 224 Å². The van der Waals surface area contributed by atoms with Crippen LogP contribution in [0.1, 0.15) is 0 Å². The molecule has 2 aliphatic heterocycles. The molecule has 67 heavy (non-hydrogen) atoms. The lowest BCUT2D eigenvalue weighted by atomic mass is 9.33. The van der Waals surface area contributed by atoms with Crippen molar-refractivity contribution < 1.29 is 4.42 Å². The molecule has 2 aliphatic rings. The highest BCUT2D eigenvalue weighted by molar-refractivity contribution is 7.26. The van der Waals surface area contributed by atoms with Gasteiger partial charge in [0.15, 0.2) is 0 Å². The maximum Gasteiger partial charge on any atom is 0.252 e. The average molecular weight is 869 g/mol. The van der Waals surface area contributed by atoms with E-state index in [-0.39, 0.29) is 6.71 Å². The van der Waals surface area contributed by atoms with Crippen LogP contribution in [0.5, 0.6) is 0 Å². The Hall–Kier alpha value is -8.38. The van der Waals surface area contributed by atoms with Gasteiger partial charge in [-0.3, -0.25) is 0 Å². The van der Waals surface area contributed by atoms with Crippen LogP contribution < -0.4 is 26.2 Å². The fourth-order valence-corrected chi connectivity index (χ4v) is 12.7. The second-order valence-electron chi connectivity index (χ2n) is 17.9. The van der Waals surface area contributed by atoms with Crippen molar-refractivity contribution in [1.82, 2.24) is 0 Å². The molecule has 0 N–H and O–H groups in total. The Labute approximate surface area is 391 Å². The quantitative estimate of drug-likeness (QED) is 0.164. The fourth-order valence-electron chi connectivity index (χ4n) is 11.6. The predicted octanol–water partition coefficient (Wildman–Crippen LogP) is 15.7. The number of benzene rings is 11. The van der Waals surface area contributed by atoms with Crippen molar-refractivity contribution in [2.24, 2.45) is 0 Å². The van der Waals surface area contributed by atoms with Gasteiger partial charge in [0.2, 0.25) is 0 Å². The molecule has 2 aromatic heterocycles. The smallest absolute Gasteiger partial charge is 0.252 e. The third-order valence-electron chi connectivity index (χ3n) is 14.4. The minimum atomic E-state index is -0.0916. The molecule has 0 radical (unpaired) electrons. The molecule has 0 bridgehead atoms. The molecule has 4 heterocycles. The van der Waals surface area contributed by atoms with Crippen LogP contribution in [-0.2, 0) is 0 Å². The van der Waals surface area contributed by atoms with Gasteiger partial charge in [-0.05, 0) is 96.9 Å². The van der Waals surface area contributed by atoms with Gasteiger partial charge in [0.25, 0.3) is 6.71 Å². The van der Waals surface area contributed by atoms with E-state index in [2.05, 4.69) is 234 Å². The third-order valence-corrected chi connectivity index (χ3v) is 15.5. The first-order valence-corrected chi connectivity index (χ1v) is 23.8. The van der Waals surface area contributed by atoms with Gasteiger partial charge >= 0.3 is 0 Å². The first-order valence-electron chi connectivity index (χ1n) is 23.0. The number of nitrogens with zero attached hydrogens (tertiary/aromatic N) is 2. The maximum absolute atomic E-state index is 6.78. The molecule has 0 saturated carbocycles. The van der Waals surface area contributed by atoms with Crippen molar-refractivity contribution in [3.63, 3.8) is 0 Å². The summed E-state index contributed by atoms with van der Waals surface area (Å²) in [4.78, 5) is 5.14. The zero-order valence-electron chi connectivity index (χ0n) is 36.2. The monoisotopic (exact) mass is 868 g/mol. The number of para-hydroxylation sites is 1. The van der Waals surface area contributed by atoms with Crippen LogP contribution in [0.4, 0.5) is 34.1 Å². The lowest BCUT2D eigenvalue weighted by Crippen LogP contribution is -2.61. The van der Waals surface area contributed by atoms with Gasteiger partial charge < -0.3 is 14.2 Å². The SMILES string of the molecule is c1ccc(-c2c(N3c4cc5oc6ccccc6c5cc4B4c5cc6c(cc5N(c5ccc7ccccc7c5-c5ccccc5)c5cccc3c54)sc3ccccc36)ccc3ccccc23)cc1. The van der Waals surface area contributed by atoms with E-state index in [4.69, 9.17) is 4.42 Å². The van der Waals surface area contributed by atoms with Crippen molar-refractivity contribution >= 4 is 132 Å². The van der Waals surface area contributed by atoms with Crippen LogP contribution in [0.25, 0.3) is 85.9 Å². The number of hydrogen-bond donors (Lipinski definition) is 0. The second-order valence-corrected chi connectivity index (χ2v) is 19.0. The number of thiophene rings is 1. The van der Waals surface area contributed by atoms with E-state index < -0.39 is 0 Å². The first-order chi connectivity index (χ1) is 33.2. The van der Waals surface area contributed by atoms with Crippen LogP contribution in [0.15, 0.2) is 229 Å². The summed E-state index contributed by atoms with van der Waals surface area (Å²) in [7, 11) is 0. The highest BCUT2D eigenvalue weighted by Gasteiger charge is 2.45. The molecule has 3 nitrogen and oxygen atoms in total. The molecular formula is C62H37BN2OS. The van der Waals surface area contributed by atoms with Crippen LogP contribution in [0.3, 0.4) is 0 Å². The Bertz CT molecular complexity index is 3930. The van der Waals surface area contributed by atoms with Gasteiger partial charge in [-0.1, -0.05) is 176 Å². The minimum absolute atomic E-state index is 0.0916. The number of fused-ring (bicyclic) bond motifs is 12. The standard InChI is InChI=1S/C62H37BN2OS/c1-3-18-40(19-4-1)60-42-22-9-7-16-38(42)30-32-50(60)64-52-26-15-27-53-62(52)63(48-34-46-44-24-11-13-28-56(44)66-57(46)36-54(48)64)49-35-47-45-25-12-14-29-58(45)67-59(47)37-55(49)65(53)51-33-31-39-17-8-10-23-43(39)61(51)41-20-5-2-6-21-41/h1-37H. The lowest BCUT2D eigenvalue weighted by molar-refractivity contribution is 0.669. The van der Waals surface area contributed by atoms with Gasteiger partial charge in [0, 0.05) is 65.5 Å². The van der Waals surface area contributed by atoms with E-state index in [1.165, 1.54) is 91.7 Å². The Morgan fingerprint density at radius 2 is 0.851 bits per heavy atom. The molecule has 15 rings (SSSR count). The van der Waals surface area contributed by atoms with E-state index in [1.54, 1.807) is 0 Å². The molecule has 0 saturated heterocycles. The lowest BCUT2D eigenvalue weighted by Gasteiger charge is -2.45. The summed E-state index contributed by atoms with van der Waals surface area (Å²) in [6.45, 7) is -0.0916. The van der Waals surface area contributed by atoms with Gasteiger partial charge in [0.1, 0.15) is 11.2 Å². The normalized spacial score (nSPS) is 13.0. The van der Waals surface area contributed by atoms with E-state index in [0.29, 0.717) is 0 Å². The molecular weight excluding hydrogens is 832 g/mol. The summed E-state index contributed by atoms with van der Waals surface area (Å²) in [5.41, 5.74) is 17.3. The van der Waals surface area contributed by atoms with Crippen LogP contribution in [-0.4, -0.2) is 6.71 Å². The fraction of sp³-hybridized carbons (Fsp3) is 0. The highest BCUT2D eigenvalue weighted by Crippen LogP contribution is 2.52. The largest absolute Gasteiger partial charge is 0.456 e. The second kappa shape index (κ2) is 14.1. The molecule has 310 valence electrons. The van der Waals surface area contributed by atoms with Gasteiger partial charge in [-0.2, -0.15) is 0 Å². The molecule has 0 unspecified atom stereocenters. The van der Waals surface area contributed by atoms with Crippen LogP contribution in [0.2, 0.25) is 0 Å². The van der Waals surface area contributed by atoms with Gasteiger partial charge in [-0.25, -0.2) is 0 Å². The Morgan fingerprint density at radius 3 is 1.49 bits per heavy atom. The Balaban J connectivity index is 1.11. The van der Waals surface area contributed by atoms with E-state index in [0.717, 1.165) is 44.7 Å². The molecule has 0 fully saturated rings. The van der Waals surface area contributed by atoms with Gasteiger partial charge in [-0.15, -0.1) is 11.3 Å². The maximum atomic E-state index is 6.78. The van der Waals surface area contributed by atoms with Crippen molar-refractivity contribution in [1.29, 1.82) is 0 Å². The predicted molar refractivity (Wildman–Crippen MR) is 287 cm³/mol. The molecule has 0 atom stereocenters. The zero-order valence-corrected chi connectivity index (χ0v) is 37.0. The first kappa shape index (κ1) is 36.9. The molecule has 5 heteroatoms. The molecule has 0 aliphatic carbocycles. The number of hydrogen-bond acceptors (Lipinski definition) is 4. The summed E-state index contributed by atoms with van der Waals surface area (Å²) in [6.07, 6.45) is 0. The van der Waals surface area contributed by atoms with E-state index >= 15 is 0 Å². The summed E-state index contributed by atoms with van der Waals surface area (Å²) in [5.74, 6) is 0. The third kappa shape index (κ3) is 5.29. The number of anilines is 6. The Morgan fingerprint density at radius 1 is 0.328 bits per heavy atom. The molecule has 11 aromatic carbocycles. The van der Waals surface area contributed by atoms with Crippen LogP contribution in [0, 0.1) is 0 Å². The number of furan rings is 1. The van der Waals surface area contributed by atoms with Gasteiger partial charge in [0.05, 0.1) is 11.4 Å². The molecule has 0 spiro atoms. The summed E-state index contributed by atoms with van der Waals surface area (Å²) in [5, 5.41) is 9.72. The average Bonchev–Trinajstić information content (AvgIpc) is 3.94. The minimum Gasteiger partial charge on any atom is -0.456 e. The topological polar surface area (TPSA) is 19.6 Å². The van der Waals surface area contributed by atoms with Crippen LogP contribution >= 0.6 is 11.3 Å². The number of rotatable bonds is 4. The van der Waals surface area contributed by atoms with Crippen molar-refractivity contribution in [2.75, 3.05) is 9.80 Å². The summed E-state index contributed by atoms with van der Waals surface area (Å²) in [6, 6.07) is 83.0. The Kier molecular flexibility index (Phi) is 7.75. The molecule has 13 aromatic rings. The highest BCUT2D eigenvalue weighted by atomic mass is 32.1. The summed E-state index contributed by atoms with van der Waals surface area (Å²) >= 11 is 1.88. The van der Waals surface area contributed by atoms with E-state index in [9.17, 15) is 0 Å². The molecule has 0 amide bonds. The van der Waals surface area contributed by atoms with Crippen molar-refractivity contribution in [3.8, 4) is 22.3 Å². The summed E-state index contributed by atoms with van der Waals surface area (Å²) < 4.78 is 9.36. The van der Waals surface area contributed by atoms with Crippen molar-refractivity contribution in [2.45, 2.75) is 0 Å². The van der Waals surface area contributed by atoms with E-state index in [1.807, 2.05) is 11.3 Å².